The molecule has 4 aromatic heterocycles. The van der Waals surface area contributed by atoms with Crippen LogP contribution in [0.2, 0.25) is 0 Å². The van der Waals surface area contributed by atoms with Gasteiger partial charge >= 0.3 is 0 Å². The molecule has 0 saturated carbocycles. The smallest absolute Gasteiger partial charge is 0.0722 e. The highest BCUT2D eigenvalue weighted by Crippen LogP contribution is 2.86. The zero-order valence-electron chi connectivity index (χ0n) is 54.1. The Balaban J connectivity index is 0.00000136. The maximum Gasteiger partial charge on any atom is 0.0722 e. The van der Waals surface area contributed by atoms with Crippen molar-refractivity contribution in [3.05, 3.63) is 221 Å². The van der Waals surface area contributed by atoms with Crippen molar-refractivity contribution in [2.24, 2.45) is 0 Å². The molecule has 0 spiro atoms. The molecule has 88 heavy (non-hydrogen) atoms. The van der Waals surface area contributed by atoms with Gasteiger partial charge in [0.2, 0.25) is 0 Å². The van der Waals surface area contributed by atoms with Gasteiger partial charge in [-0.3, -0.25) is 0 Å². The highest BCUT2D eigenvalue weighted by atomic mass is 33.0. The maximum atomic E-state index is 2.79. The second-order valence-electron chi connectivity index (χ2n) is 25.6. The van der Waals surface area contributed by atoms with Crippen molar-refractivity contribution in [3.63, 3.8) is 0 Å². The number of benzene rings is 5. The number of rotatable bonds is 29. The summed E-state index contributed by atoms with van der Waals surface area (Å²) in [6.07, 6.45) is 29.7. The van der Waals surface area contributed by atoms with E-state index in [-0.39, 0.29) is 14.0 Å². The van der Waals surface area contributed by atoms with E-state index in [4.69, 9.17) is 0 Å². The Morgan fingerprint density at radius 1 is 0.318 bits per heavy atom. The first-order valence-corrected chi connectivity index (χ1v) is 46.4. The van der Waals surface area contributed by atoms with Crippen molar-refractivity contribution in [2.45, 2.75) is 207 Å². The molecule has 11 rings (SSSR count). The van der Waals surface area contributed by atoms with Crippen LogP contribution >= 0.6 is 95.0 Å². The molecule has 5 aromatic carbocycles. The fourth-order valence-corrected chi connectivity index (χ4v) is 18.9. The summed E-state index contributed by atoms with van der Waals surface area (Å²) in [6, 6.07) is 54.1. The Kier molecular flexibility index (Phi) is 24.9. The summed E-state index contributed by atoms with van der Waals surface area (Å²) in [5.74, 6) is 0. The molecule has 4 atom stereocenters. The van der Waals surface area contributed by atoms with Crippen LogP contribution in [0.3, 0.4) is 0 Å². The molecule has 9 aromatic rings. The normalized spacial score (nSPS) is 13.5. The van der Waals surface area contributed by atoms with Crippen molar-refractivity contribution in [1.82, 2.24) is 0 Å². The van der Waals surface area contributed by atoms with Crippen LogP contribution in [0.1, 0.15) is 230 Å². The average Bonchev–Trinajstić information content (AvgIpc) is 1.51. The summed E-state index contributed by atoms with van der Waals surface area (Å²) >= 11 is 8.17. The average molecular weight is 1350 g/mol. The van der Waals surface area contributed by atoms with Crippen molar-refractivity contribution in [2.75, 3.05) is 0 Å². The summed E-state index contributed by atoms with van der Waals surface area (Å²) in [7, 11) is 11.2. The third kappa shape index (κ3) is 15.2. The fraction of sp³-hybridized carbons (Fsp3) is 0.410. The summed E-state index contributed by atoms with van der Waals surface area (Å²) in [5.41, 5.74) is 21.1. The van der Waals surface area contributed by atoms with Crippen LogP contribution in [0.5, 0.6) is 0 Å². The molecule has 0 N–H and O–H groups in total. The third-order valence-electron chi connectivity index (χ3n) is 19.0. The monoisotopic (exact) mass is 1350 g/mol. The Morgan fingerprint density at radius 2 is 0.648 bits per heavy atom. The molecule has 0 fully saturated rings. The number of fused-ring (bicyclic) bond motifs is 6. The summed E-state index contributed by atoms with van der Waals surface area (Å²) in [6.45, 7) is 18.6. The van der Waals surface area contributed by atoms with Crippen molar-refractivity contribution in [3.8, 4) is 40.4 Å². The van der Waals surface area contributed by atoms with Gasteiger partial charge in [0.15, 0.2) is 0 Å². The minimum absolute atomic E-state index is 0.165. The summed E-state index contributed by atoms with van der Waals surface area (Å²) in [4.78, 5) is 11.5. The topological polar surface area (TPSA) is 0 Å². The van der Waals surface area contributed by atoms with Crippen molar-refractivity contribution >= 4 is 95.0 Å². The Hall–Kier alpha value is -2.52. The van der Waals surface area contributed by atoms with Crippen LogP contribution in [0, 0.1) is 41.5 Å². The van der Waals surface area contributed by atoms with E-state index in [1.807, 2.05) is 22.7 Å². The van der Waals surface area contributed by atoms with E-state index < -0.39 is 10.8 Å². The molecule has 0 aliphatic heterocycles. The van der Waals surface area contributed by atoms with Gasteiger partial charge in [0.25, 0.3) is 0 Å². The predicted octanol–water partition coefficient (Wildman–Crippen LogP) is 27.8. The zero-order chi connectivity index (χ0) is 62.0. The zero-order valence-corrected chi connectivity index (χ0v) is 63.8. The van der Waals surface area contributed by atoms with Gasteiger partial charge in [-0.25, -0.2) is 0 Å². The minimum Gasteiger partial charge on any atom is -0.140 e. The first-order chi connectivity index (χ1) is 42.7. The van der Waals surface area contributed by atoms with E-state index >= 15 is 0 Å². The third-order valence-corrected chi connectivity index (χ3v) is 45.2. The SMILES string of the molecule is CCCCCCCCCCCCc1cc(-c2cc(CCCCCCCCCCCC)c(-c3cc4c(s3)-c3cc5c(cc3C4(c3ccc(C)cc3)c3ccc(C)cc3)-c3sc(C)cc3C5(c3ccc(C)cc3)c3ccc(C)cc3)s2)sc1C.PP(P)P(P)P. The highest BCUT2D eigenvalue weighted by Gasteiger charge is 2.53. The van der Waals surface area contributed by atoms with Gasteiger partial charge in [0, 0.05) is 39.0 Å². The molecular formula is C78H98P6S4. The summed E-state index contributed by atoms with van der Waals surface area (Å²) in [5, 5.41) is 0. The summed E-state index contributed by atoms with van der Waals surface area (Å²) < 4.78 is 0. The number of thiophene rings is 4. The Bertz CT molecular complexity index is 3590. The Morgan fingerprint density at radius 3 is 1.05 bits per heavy atom. The van der Waals surface area contributed by atoms with Gasteiger partial charge in [0.05, 0.1) is 10.8 Å². The van der Waals surface area contributed by atoms with Crippen LogP contribution in [0.15, 0.2) is 133 Å². The van der Waals surface area contributed by atoms with E-state index in [1.54, 1.807) is 11.1 Å². The van der Waals surface area contributed by atoms with Crippen molar-refractivity contribution in [1.29, 1.82) is 0 Å². The molecule has 4 unspecified atom stereocenters. The van der Waals surface area contributed by atoms with Gasteiger partial charge in [0.1, 0.15) is 0 Å². The van der Waals surface area contributed by atoms with Crippen LogP contribution in [-0.2, 0) is 23.7 Å². The minimum atomic E-state index is -0.521. The number of hydrogen-bond acceptors (Lipinski definition) is 4. The Labute approximate surface area is 559 Å². The molecule has 0 amide bonds. The number of unbranched alkanes of at least 4 members (excludes halogenated alkanes) is 18. The van der Waals surface area contributed by atoms with E-state index in [9.17, 15) is 0 Å². The van der Waals surface area contributed by atoms with E-state index in [0.29, 0.717) is 0 Å². The molecule has 10 heteroatoms. The molecule has 2 aliphatic carbocycles. The highest BCUT2D eigenvalue weighted by molar-refractivity contribution is 8.92. The van der Waals surface area contributed by atoms with Gasteiger partial charge in [-0.1, -0.05) is 249 Å². The first-order valence-electron chi connectivity index (χ1n) is 33.2. The molecule has 0 bridgehead atoms. The molecular weight excluding hydrogens is 1250 g/mol. The second-order valence-corrected chi connectivity index (χ2v) is 50.0. The van der Waals surface area contributed by atoms with Crippen LogP contribution in [0.25, 0.3) is 40.4 Å². The van der Waals surface area contributed by atoms with Crippen LogP contribution < -0.4 is 0 Å². The molecule has 4 heterocycles. The number of aryl methyl sites for hydroxylation is 8. The van der Waals surface area contributed by atoms with E-state index in [1.165, 1.54) is 252 Å². The van der Waals surface area contributed by atoms with E-state index in [2.05, 4.69) is 247 Å². The maximum absolute atomic E-state index is 2.79. The van der Waals surface area contributed by atoms with Crippen molar-refractivity contribution < 1.29 is 0 Å². The lowest BCUT2D eigenvalue weighted by Crippen LogP contribution is -2.30. The number of hydrogen-bond donors (Lipinski definition) is 0. The van der Waals surface area contributed by atoms with Gasteiger partial charge < -0.3 is 0 Å². The first kappa shape index (κ1) is 68.3. The second kappa shape index (κ2) is 32.1. The molecule has 0 nitrogen and oxygen atoms in total. The fourth-order valence-electron chi connectivity index (χ4n) is 14.1. The predicted molar refractivity (Wildman–Crippen MR) is 416 cm³/mol. The lowest BCUT2D eigenvalue weighted by Gasteiger charge is -2.35. The van der Waals surface area contributed by atoms with E-state index in [0.717, 1.165) is 6.42 Å². The van der Waals surface area contributed by atoms with Gasteiger partial charge in [-0.15, -0.1) is 81.1 Å². The lowest BCUT2D eigenvalue weighted by atomic mass is 9.65. The quantitative estimate of drug-likeness (QED) is 0.0324. The van der Waals surface area contributed by atoms with Gasteiger partial charge in [-0.05, 0) is 184 Å². The lowest BCUT2D eigenvalue weighted by molar-refractivity contribution is 0.556. The van der Waals surface area contributed by atoms with Gasteiger partial charge in [-0.2, -0.15) is 0 Å². The molecule has 2 aliphatic rings. The standard InChI is InChI=1S/C78H90S4.H8P6/c1-9-11-13-15-17-19-21-23-25-27-29-59-48-71(80-58(59)8)72-49-60(30-28-26-24-22-20-18-16-14-12-10-2)74(81-72)73-52-70-76(82-73)66-51-67-65(50-68(66)78(70,63-43-35-55(5)36-44-63)64-45-37-56(6)38-46-64)75-69(47-57(7)79-75)77(67,61-39-31-53(3)32-40-61)62-41-33-54(4)34-42-62;1-5(2)6(3)4/h31-52H,9-30H2,1-8H3;1-4H2. The largest absolute Gasteiger partial charge is 0.140 e. The molecule has 464 valence electrons. The van der Waals surface area contributed by atoms with Crippen LogP contribution in [0.4, 0.5) is 0 Å². The molecule has 0 radical (unpaired) electrons. The van der Waals surface area contributed by atoms with Crippen LogP contribution in [-0.4, -0.2) is 0 Å². The molecule has 0 saturated heterocycles.